The van der Waals surface area contributed by atoms with Crippen molar-refractivity contribution in [2.45, 2.75) is 44.7 Å². The average Bonchev–Trinajstić information content (AvgIpc) is 2.53. The van der Waals surface area contributed by atoms with Gasteiger partial charge in [-0.1, -0.05) is 54.9 Å². The molecule has 0 aliphatic heterocycles. The van der Waals surface area contributed by atoms with Crippen LogP contribution in [-0.4, -0.2) is 6.04 Å². The Morgan fingerprint density at radius 1 is 1.10 bits per heavy atom. The molecule has 21 heavy (non-hydrogen) atoms. The van der Waals surface area contributed by atoms with Crippen LogP contribution < -0.4 is 5.32 Å². The molecule has 2 heteroatoms. The van der Waals surface area contributed by atoms with Crippen molar-refractivity contribution in [2.24, 2.45) is 0 Å². The Labute approximate surface area is 132 Å². The monoisotopic (exact) mass is 299 g/mol. The van der Waals surface area contributed by atoms with Gasteiger partial charge >= 0.3 is 0 Å². The number of hydrogen-bond acceptors (Lipinski definition) is 1. The first-order valence-electron chi connectivity index (χ1n) is 7.84. The number of rotatable bonds is 4. The second kappa shape index (κ2) is 6.64. The van der Waals surface area contributed by atoms with Crippen LogP contribution in [0.2, 0.25) is 5.02 Å². The molecule has 0 bridgehead atoms. The Bertz CT molecular complexity index is 591. The van der Waals surface area contributed by atoms with Crippen LogP contribution in [0.25, 0.3) is 0 Å². The van der Waals surface area contributed by atoms with Gasteiger partial charge in [-0.2, -0.15) is 0 Å². The van der Waals surface area contributed by atoms with Gasteiger partial charge in [0.25, 0.3) is 0 Å². The standard InChI is InChI=1S/C19H22ClN/c1-2-19(15-7-10-17(20)11-8-15)21-18-12-9-14-5-3-4-6-16(14)13-18/h3-8,10-11,18-19,21H,2,9,12-13H2,1H3. The largest absolute Gasteiger partial charge is 0.307 e. The number of fused-ring (bicyclic) bond motifs is 1. The molecule has 1 aliphatic carbocycles. The Morgan fingerprint density at radius 2 is 1.81 bits per heavy atom. The van der Waals surface area contributed by atoms with E-state index in [1.807, 2.05) is 12.1 Å². The molecule has 2 aromatic rings. The van der Waals surface area contributed by atoms with Crippen LogP contribution in [0.1, 0.15) is 42.5 Å². The Morgan fingerprint density at radius 3 is 2.52 bits per heavy atom. The first-order chi connectivity index (χ1) is 10.3. The second-order valence-electron chi connectivity index (χ2n) is 5.89. The van der Waals surface area contributed by atoms with Crippen LogP contribution in [0.5, 0.6) is 0 Å². The number of aryl methyl sites for hydroxylation is 1. The van der Waals surface area contributed by atoms with E-state index in [0.717, 1.165) is 17.9 Å². The molecule has 0 heterocycles. The third-order valence-corrected chi connectivity index (χ3v) is 4.72. The minimum Gasteiger partial charge on any atom is -0.307 e. The lowest BCUT2D eigenvalue weighted by Gasteiger charge is -2.30. The highest BCUT2D eigenvalue weighted by Gasteiger charge is 2.21. The van der Waals surface area contributed by atoms with E-state index < -0.39 is 0 Å². The van der Waals surface area contributed by atoms with Crippen LogP contribution in [0.4, 0.5) is 0 Å². The third-order valence-electron chi connectivity index (χ3n) is 4.46. The first-order valence-corrected chi connectivity index (χ1v) is 8.22. The van der Waals surface area contributed by atoms with E-state index in [-0.39, 0.29) is 0 Å². The fraction of sp³-hybridized carbons (Fsp3) is 0.368. The molecule has 2 unspecified atom stereocenters. The minimum atomic E-state index is 0.414. The SMILES string of the molecule is CCC(NC1CCc2ccccc2C1)c1ccc(Cl)cc1. The normalized spacial score (nSPS) is 19.0. The van der Waals surface area contributed by atoms with Gasteiger partial charge in [0, 0.05) is 17.1 Å². The van der Waals surface area contributed by atoms with Crippen LogP contribution in [0.15, 0.2) is 48.5 Å². The van der Waals surface area contributed by atoms with Gasteiger partial charge < -0.3 is 5.32 Å². The lowest BCUT2D eigenvalue weighted by molar-refractivity contribution is 0.392. The molecule has 0 saturated heterocycles. The van der Waals surface area contributed by atoms with Crippen molar-refractivity contribution in [2.75, 3.05) is 0 Å². The van der Waals surface area contributed by atoms with Gasteiger partial charge in [-0.25, -0.2) is 0 Å². The molecule has 0 aromatic heterocycles. The average molecular weight is 300 g/mol. The third kappa shape index (κ3) is 3.48. The molecule has 3 rings (SSSR count). The smallest absolute Gasteiger partial charge is 0.0406 e. The summed E-state index contributed by atoms with van der Waals surface area (Å²) in [4.78, 5) is 0. The summed E-state index contributed by atoms with van der Waals surface area (Å²) in [5, 5.41) is 4.64. The van der Waals surface area contributed by atoms with Crippen LogP contribution in [0.3, 0.4) is 0 Å². The second-order valence-corrected chi connectivity index (χ2v) is 6.32. The molecule has 110 valence electrons. The summed E-state index contributed by atoms with van der Waals surface area (Å²) in [6, 6.07) is 18.1. The van der Waals surface area contributed by atoms with Gasteiger partial charge in [-0.05, 0) is 54.5 Å². The van der Waals surface area contributed by atoms with Crippen LogP contribution in [-0.2, 0) is 12.8 Å². The zero-order chi connectivity index (χ0) is 14.7. The Kier molecular flexibility index (Phi) is 4.62. The Balaban J connectivity index is 1.69. The van der Waals surface area contributed by atoms with Crippen molar-refractivity contribution in [1.82, 2.24) is 5.32 Å². The van der Waals surface area contributed by atoms with Gasteiger partial charge in [0.05, 0.1) is 0 Å². The van der Waals surface area contributed by atoms with E-state index >= 15 is 0 Å². The van der Waals surface area contributed by atoms with E-state index in [0.29, 0.717) is 12.1 Å². The molecule has 0 spiro atoms. The van der Waals surface area contributed by atoms with E-state index in [1.165, 1.54) is 29.5 Å². The molecular weight excluding hydrogens is 278 g/mol. The number of hydrogen-bond donors (Lipinski definition) is 1. The van der Waals surface area contributed by atoms with Gasteiger partial charge in [0.2, 0.25) is 0 Å². The molecule has 1 aliphatic rings. The first kappa shape index (κ1) is 14.6. The number of benzene rings is 2. The molecule has 1 nitrogen and oxygen atoms in total. The molecule has 1 N–H and O–H groups in total. The van der Waals surface area contributed by atoms with Gasteiger partial charge in [0.1, 0.15) is 0 Å². The lowest BCUT2D eigenvalue weighted by Crippen LogP contribution is -2.37. The molecular formula is C19H22ClN. The summed E-state index contributed by atoms with van der Waals surface area (Å²) < 4.78 is 0. The van der Waals surface area contributed by atoms with E-state index in [1.54, 1.807) is 0 Å². The van der Waals surface area contributed by atoms with Crippen molar-refractivity contribution in [1.29, 1.82) is 0 Å². The maximum atomic E-state index is 5.99. The highest BCUT2D eigenvalue weighted by molar-refractivity contribution is 6.30. The topological polar surface area (TPSA) is 12.0 Å². The van der Waals surface area contributed by atoms with Crippen LogP contribution >= 0.6 is 11.6 Å². The molecule has 0 amide bonds. The molecule has 0 fully saturated rings. The quantitative estimate of drug-likeness (QED) is 0.843. The highest BCUT2D eigenvalue weighted by atomic mass is 35.5. The zero-order valence-electron chi connectivity index (χ0n) is 12.5. The van der Waals surface area contributed by atoms with Crippen molar-refractivity contribution >= 4 is 11.6 Å². The predicted molar refractivity (Wildman–Crippen MR) is 89.9 cm³/mol. The number of nitrogens with one attached hydrogen (secondary N) is 1. The fourth-order valence-corrected chi connectivity index (χ4v) is 3.40. The highest BCUT2D eigenvalue weighted by Crippen LogP contribution is 2.25. The summed E-state index contributed by atoms with van der Waals surface area (Å²) in [7, 11) is 0. The van der Waals surface area contributed by atoms with Crippen molar-refractivity contribution in [3.05, 3.63) is 70.2 Å². The van der Waals surface area contributed by atoms with E-state index in [9.17, 15) is 0 Å². The summed E-state index contributed by atoms with van der Waals surface area (Å²) in [6.07, 6.45) is 4.64. The summed E-state index contributed by atoms with van der Waals surface area (Å²) in [5.41, 5.74) is 4.36. The minimum absolute atomic E-state index is 0.414. The summed E-state index contributed by atoms with van der Waals surface area (Å²) in [6.45, 7) is 2.24. The van der Waals surface area contributed by atoms with E-state index in [2.05, 4.69) is 48.6 Å². The van der Waals surface area contributed by atoms with Crippen LogP contribution in [0, 0.1) is 0 Å². The maximum Gasteiger partial charge on any atom is 0.0406 e. The maximum absolute atomic E-state index is 5.99. The van der Waals surface area contributed by atoms with Crippen molar-refractivity contribution in [3.63, 3.8) is 0 Å². The Hall–Kier alpha value is -1.31. The summed E-state index contributed by atoms with van der Waals surface area (Å²) >= 11 is 5.99. The summed E-state index contributed by atoms with van der Waals surface area (Å²) in [5.74, 6) is 0. The van der Waals surface area contributed by atoms with Crippen molar-refractivity contribution < 1.29 is 0 Å². The molecule has 0 radical (unpaired) electrons. The number of halogens is 1. The zero-order valence-corrected chi connectivity index (χ0v) is 13.2. The van der Waals surface area contributed by atoms with Crippen molar-refractivity contribution in [3.8, 4) is 0 Å². The molecule has 0 saturated carbocycles. The fourth-order valence-electron chi connectivity index (χ4n) is 3.27. The predicted octanol–water partition coefficient (Wildman–Crippen LogP) is 4.94. The molecule has 2 atom stereocenters. The van der Waals surface area contributed by atoms with Gasteiger partial charge in [-0.15, -0.1) is 0 Å². The lowest BCUT2D eigenvalue weighted by atomic mass is 9.87. The van der Waals surface area contributed by atoms with E-state index in [4.69, 9.17) is 11.6 Å². The molecule has 2 aromatic carbocycles. The van der Waals surface area contributed by atoms with Gasteiger partial charge in [-0.3, -0.25) is 0 Å². The van der Waals surface area contributed by atoms with Gasteiger partial charge in [0.15, 0.2) is 0 Å².